The van der Waals surface area contributed by atoms with E-state index in [9.17, 15) is 38.4 Å². The molecule has 0 fully saturated rings. The first-order valence-corrected chi connectivity index (χ1v) is 27.9. The molecule has 17 heteroatoms. The molecule has 12 aromatic rings. The van der Waals surface area contributed by atoms with Crippen LogP contribution in [-0.4, -0.2) is 91.8 Å². The van der Waals surface area contributed by atoms with Crippen LogP contribution in [0.25, 0.3) is 43.6 Å². The van der Waals surface area contributed by atoms with Crippen molar-refractivity contribution in [1.29, 1.82) is 0 Å². The molecular weight excluding hydrogens is 1080 g/mol. The summed E-state index contributed by atoms with van der Waals surface area (Å²) < 4.78 is 0. The highest BCUT2D eigenvalue weighted by molar-refractivity contribution is 6.12. The number of hydrogen-bond donors (Lipinski definition) is 4. The monoisotopic (exact) mass is 1140 g/mol. The summed E-state index contributed by atoms with van der Waals surface area (Å²) in [7, 11) is 0. The third kappa shape index (κ3) is 15.1. The normalized spacial score (nSPS) is 10.7. The summed E-state index contributed by atoms with van der Waals surface area (Å²) in [5, 5.41) is 24.6. The fourth-order valence-electron chi connectivity index (χ4n) is 9.60. The number of nitrogens with zero attached hydrogens (tertiary/aromatic N) is 5. The number of rotatable bonds is 20. The van der Waals surface area contributed by atoms with Crippen LogP contribution in [0.3, 0.4) is 0 Å². The van der Waals surface area contributed by atoms with E-state index in [1.54, 1.807) is 55.0 Å². The molecule has 0 saturated heterocycles. The van der Waals surface area contributed by atoms with Gasteiger partial charge in [0.05, 0.1) is 11.0 Å². The molecule has 0 spiro atoms. The number of Topliss-reactive ketones (excluding diaryl/α,β-unsaturated/α-hetero) is 8. The highest BCUT2D eigenvalue weighted by Crippen LogP contribution is 2.24. The number of ketones is 8. The number of pyridine rings is 1. The van der Waals surface area contributed by atoms with Crippen molar-refractivity contribution in [3.63, 3.8) is 0 Å². The van der Waals surface area contributed by atoms with Crippen LogP contribution in [0.2, 0.25) is 0 Å². The highest BCUT2D eigenvalue weighted by atomic mass is 16.2. The molecule has 0 unspecified atom stereocenters. The molecule has 0 aliphatic rings. The maximum absolute atomic E-state index is 12.3. The third-order valence-corrected chi connectivity index (χ3v) is 14.2. The van der Waals surface area contributed by atoms with E-state index in [2.05, 4.69) is 45.5 Å². The molecule has 0 aliphatic carbocycles. The average molecular weight is 1140 g/mol. The Morgan fingerprint density at radius 1 is 0.372 bits per heavy atom. The average Bonchev–Trinajstić information content (AvgIpc) is 4.12. The van der Waals surface area contributed by atoms with Crippen LogP contribution in [0.1, 0.15) is 146 Å². The number of nitrogens with one attached hydrogen (secondary N) is 4. The van der Waals surface area contributed by atoms with Crippen LogP contribution < -0.4 is 0 Å². The van der Waals surface area contributed by atoms with E-state index in [-0.39, 0.29) is 97.6 Å². The van der Waals surface area contributed by atoms with Gasteiger partial charge in [-0.1, -0.05) is 121 Å². The van der Waals surface area contributed by atoms with E-state index < -0.39 is 0 Å². The quantitative estimate of drug-likeness (QED) is 0.0518. The predicted molar refractivity (Wildman–Crippen MR) is 329 cm³/mol. The molecule has 4 N–H and O–H groups in total. The molecule has 0 radical (unpaired) electrons. The molecule has 6 aromatic heterocycles. The molecule has 86 heavy (non-hydrogen) atoms. The zero-order valence-electron chi connectivity index (χ0n) is 47.2. The van der Waals surface area contributed by atoms with Gasteiger partial charge in [0.25, 0.3) is 0 Å². The fourth-order valence-corrected chi connectivity index (χ4v) is 9.60. The fraction of sp³-hybridized carbons (Fsp3) is 0.145. The van der Waals surface area contributed by atoms with Crippen molar-refractivity contribution in [2.75, 3.05) is 0 Å². The van der Waals surface area contributed by atoms with Gasteiger partial charge in [-0.2, -0.15) is 15.3 Å². The number of aryl methyl sites for hydroxylation is 2. The van der Waals surface area contributed by atoms with E-state index >= 15 is 0 Å². The Morgan fingerprint density at radius 2 is 0.814 bits per heavy atom. The molecule has 17 nitrogen and oxygen atoms in total. The Hall–Kier alpha value is -11.1. The van der Waals surface area contributed by atoms with Gasteiger partial charge in [-0.15, -0.1) is 5.10 Å². The highest BCUT2D eigenvalue weighted by Gasteiger charge is 2.20. The predicted octanol–water partition coefficient (Wildman–Crippen LogP) is 13.6. The van der Waals surface area contributed by atoms with E-state index in [1.165, 1.54) is 12.4 Å². The number of fused-ring (bicyclic) bond motifs is 4. The van der Waals surface area contributed by atoms with Crippen LogP contribution in [0, 0.1) is 13.8 Å². The lowest BCUT2D eigenvalue weighted by atomic mass is 9.99. The van der Waals surface area contributed by atoms with E-state index in [0.29, 0.717) is 44.9 Å². The number of aromatic nitrogens is 9. The van der Waals surface area contributed by atoms with Gasteiger partial charge in [0, 0.05) is 143 Å². The van der Waals surface area contributed by atoms with Crippen molar-refractivity contribution in [3.8, 4) is 0 Å². The zero-order valence-corrected chi connectivity index (χ0v) is 47.2. The smallest absolute Gasteiger partial charge is 0.184 e. The van der Waals surface area contributed by atoms with Gasteiger partial charge in [-0.05, 0) is 74.0 Å². The SMILES string of the molecule is Cc1cccc(C(=O)CCC(=O)c2n[nH]c3ccccc23)c1.Cc1ccccc1C(=O)CCC(=O)c1n[nH]c2ccccc12.O=C(CCC(=O)c1c[nH]c2ccccc12)c1cccnc1.O=C(CCC(=O)c1c[nH]c2ccccc12)c1cccnn1. The van der Waals surface area contributed by atoms with Crippen LogP contribution in [-0.2, 0) is 0 Å². The molecule has 6 heterocycles. The summed E-state index contributed by atoms with van der Waals surface area (Å²) in [6, 6.07) is 51.7. The van der Waals surface area contributed by atoms with Crippen LogP contribution in [0.15, 0.2) is 201 Å². The summed E-state index contributed by atoms with van der Waals surface area (Å²) in [6.07, 6.45) is 9.49. The standard InChI is InChI=1S/2C18H16N2O2.C17H14N2O2.C16H13N3O2/c1-12-5-4-6-13(11-12)16(21)9-10-17(22)18-14-7-2-3-8-15(14)19-20-18;1-12-6-2-3-7-13(12)16(21)10-11-17(22)18-14-8-4-5-9-15(14)19-20-18;20-16(12-4-3-9-18-10-12)7-8-17(21)14-11-19-15-6-2-1-5-13(14)15;20-15(7-8-16(21)14-6-3-9-18-19-14)12-10-17-13-5-2-1-4-11(12)13/h2-8,11H,9-10H2,1H3,(H,19,20);2-9H,10-11H2,1H3,(H,19,20);1-6,9-11,19H,7-8H2;1-6,9-10,17H,7-8H2. The molecule has 12 rings (SSSR count). The summed E-state index contributed by atoms with van der Waals surface area (Å²) in [6.45, 7) is 3.84. The van der Waals surface area contributed by atoms with Gasteiger partial charge in [0.1, 0.15) is 17.1 Å². The first-order chi connectivity index (χ1) is 41.8. The van der Waals surface area contributed by atoms with Crippen LogP contribution >= 0.6 is 0 Å². The van der Waals surface area contributed by atoms with E-state index in [0.717, 1.165) is 54.7 Å². The molecule has 6 aromatic carbocycles. The Balaban J connectivity index is 0.000000137. The van der Waals surface area contributed by atoms with Crippen molar-refractivity contribution in [2.45, 2.75) is 65.2 Å². The molecule has 0 saturated carbocycles. The van der Waals surface area contributed by atoms with Gasteiger partial charge < -0.3 is 9.97 Å². The Labute approximate surface area is 493 Å². The topological polar surface area (TPSA) is 264 Å². The lowest BCUT2D eigenvalue weighted by Gasteiger charge is -2.03. The molecular formula is C69H59N9O8. The van der Waals surface area contributed by atoms with Crippen molar-refractivity contribution in [2.24, 2.45) is 0 Å². The van der Waals surface area contributed by atoms with E-state index in [1.807, 2.05) is 147 Å². The minimum Gasteiger partial charge on any atom is -0.360 e. The Morgan fingerprint density at radius 3 is 1.33 bits per heavy atom. The zero-order chi connectivity index (χ0) is 60.4. The van der Waals surface area contributed by atoms with Crippen molar-refractivity contribution >= 4 is 89.9 Å². The van der Waals surface area contributed by atoms with Crippen molar-refractivity contribution in [1.82, 2.24) is 45.5 Å². The molecule has 428 valence electrons. The largest absolute Gasteiger partial charge is 0.360 e. The van der Waals surface area contributed by atoms with Crippen molar-refractivity contribution in [3.05, 3.63) is 257 Å². The minimum absolute atomic E-state index is 0.00806. The lowest BCUT2D eigenvalue weighted by molar-refractivity contribution is 0.0915. The molecule has 0 amide bonds. The van der Waals surface area contributed by atoms with Crippen molar-refractivity contribution < 1.29 is 38.4 Å². The number of aromatic amines is 4. The molecule has 0 aliphatic heterocycles. The minimum atomic E-state index is -0.170. The lowest BCUT2D eigenvalue weighted by Crippen LogP contribution is -2.07. The number of hydrogen-bond acceptors (Lipinski definition) is 13. The first kappa shape index (κ1) is 59.5. The molecule has 0 atom stereocenters. The first-order valence-electron chi connectivity index (χ1n) is 27.9. The Bertz CT molecular complexity index is 4270. The number of carbonyl (C=O) groups excluding carboxylic acids is 8. The maximum atomic E-state index is 12.3. The summed E-state index contributed by atoms with van der Waals surface area (Å²) in [5.74, 6) is -0.553. The van der Waals surface area contributed by atoms with Gasteiger partial charge in [0.2, 0.25) is 0 Å². The van der Waals surface area contributed by atoms with Crippen LogP contribution in [0.5, 0.6) is 0 Å². The third-order valence-electron chi connectivity index (χ3n) is 14.2. The maximum Gasteiger partial charge on any atom is 0.184 e. The number of benzene rings is 6. The van der Waals surface area contributed by atoms with Gasteiger partial charge >= 0.3 is 0 Å². The van der Waals surface area contributed by atoms with Crippen LogP contribution in [0.4, 0.5) is 0 Å². The summed E-state index contributed by atoms with van der Waals surface area (Å²) >= 11 is 0. The summed E-state index contributed by atoms with van der Waals surface area (Å²) in [4.78, 5) is 107. The second-order valence-corrected chi connectivity index (χ2v) is 20.2. The molecule has 0 bridgehead atoms. The van der Waals surface area contributed by atoms with E-state index in [4.69, 9.17) is 0 Å². The number of para-hydroxylation sites is 4. The van der Waals surface area contributed by atoms with Gasteiger partial charge in [-0.25, -0.2) is 0 Å². The summed E-state index contributed by atoms with van der Waals surface area (Å²) in [5.41, 5.74) is 9.74. The Kier molecular flexibility index (Phi) is 19.9. The number of H-pyrrole nitrogens is 4. The second kappa shape index (κ2) is 28.8. The number of carbonyl (C=O) groups is 8. The van der Waals surface area contributed by atoms with Gasteiger partial charge in [-0.3, -0.25) is 53.5 Å². The van der Waals surface area contributed by atoms with Gasteiger partial charge in [0.15, 0.2) is 46.3 Å². The second-order valence-electron chi connectivity index (χ2n) is 20.2.